The van der Waals surface area contributed by atoms with Gasteiger partial charge in [-0.3, -0.25) is 0 Å². The summed E-state index contributed by atoms with van der Waals surface area (Å²) in [7, 11) is 0. The Hall–Kier alpha value is -0.690. The van der Waals surface area contributed by atoms with Crippen LogP contribution in [0.4, 0.5) is 0 Å². The summed E-state index contributed by atoms with van der Waals surface area (Å²) in [5, 5.41) is 0. The second kappa shape index (κ2) is 8.42. The van der Waals surface area contributed by atoms with Crippen LogP contribution in [0.2, 0.25) is 0 Å². The van der Waals surface area contributed by atoms with E-state index in [9.17, 15) is 0 Å². The van der Waals surface area contributed by atoms with Crippen molar-refractivity contribution in [2.45, 2.75) is 75.0 Å². The Labute approximate surface area is 148 Å². The van der Waals surface area contributed by atoms with Gasteiger partial charge in [0.15, 0.2) is 0 Å². The van der Waals surface area contributed by atoms with Gasteiger partial charge in [0.1, 0.15) is 0 Å². The second-order valence-corrected chi connectivity index (χ2v) is 8.37. The number of hydrogen-bond donors (Lipinski definition) is 1. The molecule has 1 aromatic rings. The molecule has 1 heteroatoms. The van der Waals surface area contributed by atoms with Gasteiger partial charge in [-0.05, 0) is 92.7 Å². The van der Waals surface area contributed by atoms with Gasteiger partial charge in [0, 0.05) is 4.90 Å². The quantitative estimate of drug-likeness (QED) is 0.435. The molecule has 0 bridgehead atoms. The molecule has 0 heterocycles. The van der Waals surface area contributed by atoms with Crippen molar-refractivity contribution in [3.05, 3.63) is 42.5 Å². The number of hydrogen-bond acceptors (Lipinski definition) is 1. The Morgan fingerprint density at radius 1 is 0.870 bits per heavy atom. The second-order valence-electron chi connectivity index (χ2n) is 7.85. The van der Waals surface area contributed by atoms with E-state index < -0.39 is 0 Å². The molecule has 0 radical (unpaired) electrons. The van der Waals surface area contributed by atoms with Crippen molar-refractivity contribution in [2.24, 2.45) is 17.8 Å². The summed E-state index contributed by atoms with van der Waals surface area (Å²) in [5.41, 5.74) is 1.54. The van der Waals surface area contributed by atoms with Crippen LogP contribution in [0.3, 0.4) is 0 Å². The highest BCUT2D eigenvalue weighted by molar-refractivity contribution is 7.80. The van der Waals surface area contributed by atoms with Crippen molar-refractivity contribution >= 4 is 12.6 Å². The first kappa shape index (κ1) is 17.1. The molecule has 0 nitrogen and oxygen atoms in total. The van der Waals surface area contributed by atoms with Crippen molar-refractivity contribution in [3.63, 3.8) is 0 Å². The average Bonchev–Trinajstić information content (AvgIpc) is 2.61. The summed E-state index contributed by atoms with van der Waals surface area (Å²) in [5.74, 6) is 3.82. The fourth-order valence-electron chi connectivity index (χ4n) is 4.97. The minimum Gasteiger partial charge on any atom is -0.143 e. The van der Waals surface area contributed by atoms with Crippen LogP contribution in [-0.2, 0) is 0 Å². The van der Waals surface area contributed by atoms with Crippen molar-refractivity contribution < 1.29 is 0 Å². The molecule has 1 aromatic carbocycles. The highest BCUT2D eigenvalue weighted by atomic mass is 32.1. The molecule has 0 N–H and O–H groups in total. The standard InChI is InChI=1S/C22H32S/c1-2-3-4-17-5-7-18(8-6-17)19-9-11-20(12-10-19)21-13-15-22(23)16-14-21/h2,13-20,23H,1,3-12H2. The number of allylic oxidation sites excluding steroid dienone is 1. The van der Waals surface area contributed by atoms with E-state index in [1.807, 2.05) is 0 Å². The van der Waals surface area contributed by atoms with E-state index in [0.717, 1.165) is 28.6 Å². The third-order valence-corrected chi connectivity index (χ3v) is 6.77. The fraction of sp³-hybridized carbons (Fsp3) is 0.636. The van der Waals surface area contributed by atoms with Crippen molar-refractivity contribution in [2.75, 3.05) is 0 Å². The molecule has 0 saturated heterocycles. The first-order valence-corrected chi connectivity index (χ1v) is 10.1. The van der Waals surface area contributed by atoms with E-state index in [0.29, 0.717) is 0 Å². The molecule has 0 amide bonds. The summed E-state index contributed by atoms with van der Waals surface area (Å²) in [6.45, 7) is 3.87. The van der Waals surface area contributed by atoms with E-state index in [2.05, 4.69) is 49.5 Å². The van der Waals surface area contributed by atoms with Gasteiger partial charge in [-0.25, -0.2) is 0 Å². The SMILES string of the molecule is C=CCCC1CCC(C2CCC(c3ccc(S)cc3)CC2)CC1. The minimum absolute atomic E-state index is 0.795. The zero-order valence-electron chi connectivity index (χ0n) is 14.4. The monoisotopic (exact) mass is 328 g/mol. The maximum atomic E-state index is 4.40. The Balaban J connectivity index is 1.44. The summed E-state index contributed by atoms with van der Waals surface area (Å²) in [6, 6.07) is 8.88. The minimum atomic E-state index is 0.795. The first-order valence-electron chi connectivity index (χ1n) is 9.66. The average molecular weight is 329 g/mol. The lowest BCUT2D eigenvalue weighted by Gasteiger charge is -2.38. The molecular formula is C22H32S. The molecule has 0 unspecified atom stereocenters. The normalized spacial score (nSPS) is 31.7. The summed E-state index contributed by atoms with van der Waals surface area (Å²) < 4.78 is 0. The van der Waals surface area contributed by atoms with Crippen LogP contribution in [0, 0.1) is 17.8 Å². The predicted octanol–water partition coefficient (Wildman–Crippen LogP) is 7.02. The first-order chi connectivity index (χ1) is 11.3. The lowest BCUT2D eigenvalue weighted by atomic mass is 9.68. The Bertz CT molecular complexity index is 473. The van der Waals surface area contributed by atoms with Crippen LogP contribution in [0.5, 0.6) is 0 Å². The molecule has 0 atom stereocenters. The van der Waals surface area contributed by atoms with Crippen LogP contribution in [0.15, 0.2) is 41.8 Å². The van der Waals surface area contributed by atoms with Gasteiger partial charge in [0.05, 0.1) is 0 Å². The zero-order valence-corrected chi connectivity index (χ0v) is 15.3. The zero-order chi connectivity index (χ0) is 16.1. The van der Waals surface area contributed by atoms with Gasteiger partial charge in [-0.2, -0.15) is 0 Å². The lowest BCUT2D eigenvalue weighted by molar-refractivity contribution is 0.157. The van der Waals surface area contributed by atoms with Gasteiger partial charge in [0.25, 0.3) is 0 Å². The number of rotatable bonds is 5. The lowest BCUT2D eigenvalue weighted by Crippen LogP contribution is -2.25. The summed E-state index contributed by atoms with van der Waals surface area (Å²) >= 11 is 4.40. The molecule has 2 aliphatic rings. The van der Waals surface area contributed by atoms with E-state index in [1.165, 1.54) is 69.8 Å². The summed E-state index contributed by atoms with van der Waals surface area (Å²) in [6.07, 6.45) is 16.3. The van der Waals surface area contributed by atoms with Crippen LogP contribution in [-0.4, -0.2) is 0 Å². The molecule has 3 rings (SSSR count). The molecule has 2 aliphatic carbocycles. The number of thiol groups is 1. The smallest absolute Gasteiger partial charge is 0.00401 e. The topological polar surface area (TPSA) is 0 Å². The third-order valence-electron chi connectivity index (χ3n) is 6.47. The van der Waals surface area contributed by atoms with Crippen LogP contribution >= 0.6 is 12.6 Å². The Morgan fingerprint density at radius 3 is 2.00 bits per heavy atom. The maximum Gasteiger partial charge on any atom is 0.00401 e. The maximum absolute atomic E-state index is 4.40. The van der Waals surface area contributed by atoms with Crippen molar-refractivity contribution in [3.8, 4) is 0 Å². The Kier molecular flexibility index (Phi) is 6.28. The molecular weight excluding hydrogens is 296 g/mol. The molecule has 2 saturated carbocycles. The summed E-state index contributed by atoms with van der Waals surface area (Å²) in [4.78, 5) is 1.08. The fourth-order valence-corrected chi connectivity index (χ4v) is 5.12. The highest BCUT2D eigenvalue weighted by Crippen LogP contribution is 2.44. The van der Waals surface area contributed by atoms with Crippen LogP contribution in [0.1, 0.15) is 75.7 Å². The number of benzene rings is 1. The molecule has 126 valence electrons. The molecule has 0 aromatic heterocycles. The van der Waals surface area contributed by atoms with Crippen LogP contribution in [0.25, 0.3) is 0 Å². The third kappa shape index (κ3) is 4.66. The van der Waals surface area contributed by atoms with Gasteiger partial charge in [-0.1, -0.05) is 31.1 Å². The van der Waals surface area contributed by atoms with Gasteiger partial charge in [-0.15, -0.1) is 19.2 Å². The molecule has 0 spiro atoms. The largest absolute Gasteiger partial charge is 0.143 e. The predicted molar refractivity (Wildman–Crippen MR) is 103 cm³/mol. The molecule has 0 aliphatic heterocycles. The molecule has 23 heavy (non-hydrogen) atoms. The van der Waals surface area contributed by atoms with E-state index in [1.54, 1.807) is 0 Å². The van der Waals surface area contributed by atoms with E-state index in [4.69, 9.17) is 0 Å². The molecule has 2 fully saturated rings. The van der Waals surface area contributed by atoms with Crippen LogP contribution < -0.4 is 0 Å². The highest BCUT2D eigenvalue weighted by Gasteiger charge is 2.30. The van der Waals surface area contributed by atoms with Crippen molar-refractivity contribution in [1.82, 2.24) is 0 Å². The van der Waals surface area contributed by atoms with Gasteiger partial charge >= 0.3 is 0 Å². The van der Waals surface area contributed by atoms with E-state index in [-0.39, 0.29) is 0 Å². The Morgan fingerprint density at radius 2 is 1.43 bits per heavy atom. The van der Waals surface area contributed by atoms with Crippen molar-refractivity contribution in [1.29, 1.82) is 0 Å². The van der Waals surface area contributed by atoms with E-state index >= 15 is 0 Å². The van der Waals surface area contributed by atoms with Gasteiger partial charge < -0.3 is 0 Å². The van der Waals surface area contributed by atoms with Gasteiger partial charge in [0.2, 0.25) is 0 Å².